The highest BCUT2D eigenvalue weighted by molar-refractivity contribution is 5.35. The fourth-order valence-electron chi connectivity index (χ4n) is 1.86. The van der Waals surface area contributed by atoms with Gasteiger partial charge in [0.2, 0.25) is 11.9 Å². The molecule has 0 aliphatic carbocycles. The predicted molar refractivity (Wildman–Crippen MR) is 83.7 cm³/mol. The molecule has 0 spiro atoms. The normalized spacial score (nSPS) is 11.6. The second-order valence-electron chi connectivity index (χ2n) is 5.40. The molecule has 0 saturated carbocycles. The van der Waals surface area contributed by atoms with E-state index in [-0.39, 0.29) is 24.1 Å². The highest BCUT2D eigenvalue weighted by Gasteiger charge is 2.25. The Morgan fingerprint density at radius 3 is 2.24 bits per heavy atom. The number of ether oxygens (including phenoxy) is 1. The van der Waals surface area contributed by atoms with Crippen molar-refractivity contribution in [1.29, 1.82) is 0 Å². The average molecular weight is 297 g/mol. The summed E-state index contributed by atoms with van der Waals surface area (Å²) in [6.45, 7) is 8.71. The zero-order valence-electron chi connectivity index (χ0n) is 13.6. The highest BCUT2D eigenvalue weighted by atomic mass is 16.5. The summed E-state index contributed by atoms with van der Waals surface area (Å²) in [7, 11) is 1.74. The van der Waals surface area contributed by atoms with E-state index in [0.29, 0.717) is 18.4 Å². The van der Waals surface area contributed by atoms with E-state index in [1.807, 2.05) is 13.8 Å². The Labute approximate surface area is 126 Å². The van der Waals surface area contributed by atoms with Crippen molar-refractivity contribution >= 4 is 11.9 Å². The molecule has 0 aromatic carbocycles. The number of hydrogen-bond donors (Lipinski definition) is 3. The maximum Gasteiger partial charge on any atom is 0.323 e. The molecular weight excluding hydrogens is 270 g/mol. The Hall–Kier alpha value is -1.63. The van der Waals surface area contributed by atoms with Crippen LogP contribution in [0.25, 0.3) is 0 Å². The minimum atomic E-state index is -0.161. The first kappa shape index (κ1) is 17.4. The lowest BCUT2D eigenvalue weighted by molar-refractivity contribution is 0.127. The molecule has 1 aromatic heterocycles. The van der Waals surface area contributed by atoms with Gasteiger partial charge in [0.05, 0.1) is 12.7 Å². The second kappa shape index (κ2) is 7.97. The second-order valence-corrected chi connectivity index (χ2v) is 5.40. The van der Waals surface area contributed by atoms with Gasteiger partial charge < -0.3 is 20.5 Å². The van der Waals surface area contributed by atoms with Gasteiger partial charge in [0.15, 0.2) is 0 Å². The zero-order valence-corrected chi connectivity index (χ0v) is 13.6. The number of aliphatic hydroxyl groups excluding tert-OH is 1. The van der Waals surface area contributed by atoms with Gasteiger partial charge in [0, 0.05) is 19.0 Å². The number of aliphatic hydroxyl groups is 1. The molecule has 0 unspecified atom stereocenters. The Bertz CT molecular complexity index is 427. The topological polar surface area (TPSA) is 92.2 Å². The minimum Gasteiger partial charge on any atom is -0.461 e. The molecule has 0 aliphatic rings. The fraction of sp³-hybridized carbons (Fsp3) is 0.786. The van der Waals surface area contributed by atoms with Crippen molar-refractivity contribution < 1.29 is 9.84 Å². The molecule has 0 atom stereocenters. The number of nitrogens with zero attached hydrogens (tertiary/aromatic N) is 3. The van der Waals surface area contributed by atoms with Crippen LogP contribution in [0.4, 0.5) is 11.9 Å². The largest absolute Gasteiger partial charge is 0.461 e. The molecule has 0 fully saturated rings. The van der Waals surface area contributed by atoms with Crippen molar-refractivity contribution in [3.63, 3.8) is 0 Å². The zero-order chi connectivity index (χ0) is 15.9. The van der Waals surface area contributed by atoms with E-state index in [4.69, 9.17) is 4.74 Å². The molecular formula is C14H27N5O2. The average Bonchev–Trinajstić information content (AvgIpc) is 2.48. The molecule has 0 aliphatic heterocycles. The third-order valence-corrected chi connectivity index (χ3v) is 3.64. The monoisotopic (exact) mass is 297 g/mol. The van der Waals surface area contributed by atoms with E-state index < -0.39 is 0 Å². The lowest BCUT2D eigenvalue weighted by Crippen LogP contribution is -2.32. The third kappa shape index (κ3) is 5.00. The van der Waals surface area contributed by atoms with Gasteiger partial charge in [-0.25, -0.2) is 0 Å². The van der Waals surface area contributed by atoms with Crippen molar-refractivity contribution in [2.45, 2.75) is 46.6 Å². The van der Waals surface area contributed by atoms with Gasteiger partial charge >= 0.3 is 6.01 Å². The van der Waals surface area contributed by atoms with Crippen LogP contribution in [-0.2, 0) is 0 Å². The number of nitrogens with one attached hydrogen (secondary N) is 2. The molecule has 0 radical (unpaired) electrons. The first-order valence-corrected chi connectivity index (χ1v) is 7.43. The molecule has 0 bridgehead atoms. The van der Waals surface area contributed by atoms with Gasteiger partial charge in [-0.2, -0.15) is 15.0 Å². The van der Waals surface area contributed by atoms with Gasteiger partial charge in [-0.3, -0.25) is 0 Å². The summed E-state index contributed by atoms with van der Waals surface area (Å²) in [4.78, 5) is 12.7. The summed E-state index contributed by atoms with van der Waals surface area (Å²) in [6.07, 6.45) is 1.76. The number of aromatic nitrogens is 3. The van der Waals surface area contributed by atoms with Crippen molar-refractivity contribution in [2.24, 2.45) is 5.41 Å². The molecule has 0 amide bonds. The Morgan fingerprint density at radius 1 is 1.14 bits per heavy atom. The Balaban J connectivity index is 2.86. The minimum absolute atomic E-state index is 0.00669. The molecule has 3 N–H and O–H groups in total. The van der Waals surface area contributed by atoms with Crippen molar-refractivity contribution in [2.75, 3.05) is 30.8 Å². The summed E-state index contributed by atoms with van der Waals surface area (Å²) in [5.74, 6) is 0.899. The summed E-state index contributed by atoms with van der Waals surface area (Å²) >= 11 is 0. The molecule has 1 rings (SSSR count). The van der Waals surface area contributed by atoms with Gasteiger partial charge in [-0.05, 0) is 26.7 Å². The van der Waals surface area contributed by atoms with Gasteiger partial charge in [0.1, 0.15) is 0 Å². The van der Waals surface area contributed by atoms with Crippen LogP contribution in [0.15, 0.2) is 0 Å². The molecule has 21 heavy (non-hydrogen) atoms. The van der Waals surface area contributed by atoms with Gasteiger partial charge in [-0.15, -0.1) is 0 Å². The van der Waals surface area contributed by atoms with E-state index >= 15 is 0 Å². The Morgan fingerprint density at radius 2 is 1.76 bits per heavy atom. The lowest BCUT2D eigenvalue weighted by atomic mass is 9.83. The molecule has 120 valence electrons. The SMILES string of the molecule is CCC(CC)(CO)CNc1nc(NC)nc(OC(C)C)n1. The first-order valence-electron chi connectivity index (χ1n) is 7.43. The maximum atomic E-state index is 9.60. The fourth-order valence-corrected chi connectivity index (χ4v) is 1.86. The van der Waals surface area contributed by atoms with E-state index in [9.17, 15) is 5.11 Å². The molecule has 1 aromatic rings. The van der Waals surface area contributed by atoms with Crippen LogP contribution in [0, 0.1) is 5.41 Å². The maximum absolute atomic E-state index is 9.60. The van der Waals surface area contributed by atoms with Gasteiger partial charge in [0.25, 0.3) is 0 Å². The van der Waals surface area contributed by atoms with Gasteiger partial charge in [-0.1, -0.05) is 13.8 Å². The van der Waals surface area contributed by atoms with E-state index in [0.717, 1.165) is 12.8 Å². The molecule has 7 heteroatoms. The van der Waals surface area contributed by atoms with Crippen molar-refractivity contribution in [1.82, 2.24) is 15.0 Å². The number of anilines is 2. The quantitative estimate of drug-likeness (QED) is 0.641. The van der Waals surface area contributed by atoms with Crippen LogP contribution < -0.4 is 15.4 Å². The smallest absolute Gasteiger partial charge is 0.323 e. The van der Waals surface area contributed by atoms with Crippen molar-refractivity contribution in [3.8, 4) is 6.01 Å². The summed E-state index contributed by atoms with van der Waals surface area (Å²) in [6, 6.07) is 0.287. The summed E-state index contributed by atoms with van der Waals surface area (Å²) in [5.41, 5.74) is -0.161. The van der Waals surface area contributed by atoms with Crippen LogP contribution >= 0.6 is 0 Å². The Kier molecular flexibility index (Phi) is 6.61. The van der Waals surface area contributed by atoms with E-state index in [1.165, 1.54) is 0 Å². The highest BCUT2D eigenvalue weighted by Crippen LogP contribution is 2.26. The summed E-state index contributed by atoms with van der Waals surface area (Å²) in [5, 5.41) is 15.7. The molecule has 7 nitrogen and oxygen atoms in total. The van der Waals surface area contributed by atoms with E-state index in [2.05, 4.69) is 39.4 Å². The predicted octanol–water partition coefficient (Wildman–Crippen LogP) is 1.91. The first-order chi connectivity index (χ1) is 9.98. The molecule has 1 heterocycles. The van der Waals surface area contributed by atoms with Crippen molar-refractivity contribution in [3.05, 3.63) is 0 Å². The van der Waals surface area contributed by atoms with Crippen LogP contribution in [0.5, 0.6) is 6.01 Å². The third-order valence-electron chi connectivity index (χ3n) is 3.64. The van der Waals surface area contributed by atoms with Crippen LogP contribution in [0.2, 0.25) is 0 Å². The molecule has 0 saturated heterocycles. The van der Waals surface area contributed by atoms with Crippen LogP contribution in [0.3, 0.4) is 0 Å². The van der Waals surface area contributed by atoms with Crippen LogP contribution in [0.1, 0.15) is 40.5 Å². The standard InChI is InChI=1S/C14H27N5O2/c1-6-14(7-2,9-20)8-16-12-17-11(15-5)18-13(19-12)21-10(3)4/h10,20H,6-9H2,1-5H3,(H2,15,16,17,18,19). The number of hydrogen-bond acceptors (Lipinski definition) is 7. The lowest BCUT2D eigenvalue weighted by Gasteiger charge is -2.29. The van der Waals surface area contributed by atoms with Crippen LogP contribution in [-0.4, -0.2) is 46.4 Å². The number of rotatable bonds is 9. The van der Waals surface area contributed by atoms with E-state index in [1.54, 1.807) is 7.05 Å². The summed E-state index contributed by atoms with van der Waals surface area (Å²) < 4.78 is 5.52.